The quantitative estimate of drug-likeness (QED) is 0.813. The van der Waals surface area contributed by atoms with Crippen LogP contribution < -0.4 is 5.32 Å². The molecule has 1 heterocycles. The van der Waals surface area contributed by atoms with E-state index in [-0.39, 0.29) is 12.3 Å². The van der Waals surface area contributed by atoms with Gasteiger partial charge in [0, 0.05) is 12.8 Å². The molecule has 0 bridgehead atoms. The van der Waals surface area contributed by atoms with Gasteiger partial charge in [-0.05, 0) is 24.0 Å². The smallest absolute Gasteiger partial charge is 0.412 e. The fourth-order valence-electron chi connectivity index (χ4n) is 3.12. The van der Waals surface area contributed by atoms with Crippen LogP contribution >= 0.6 is 0 Å². The minimum atomic E-state index is -1.17. The largest absolute Gasteiger partial charge is 0.477 e. The third kappa shape index (κ3) is 4.37. The molecule has 7 nitrogen and oxygen atoms in total. The van der Waals surface area contributed by atoms with E-state index in [9.17, 15) is 14.7 Å². The summed E-state index contributed by atoms with van der Waals surface area (Å²) in [6, 6.07) is 9.20. The highest BCUT2D eigenvalue weighted by Gasteiger charge is 2.40. The van der Waals surface area contributed by atoms with E-state index in [1.165, 1.54) is 0 Å². The lowest BCUT2D eigenvalue weighted by atomic mass is 9.88. The zero-order valence-electron chi connectivity index (χ0n) is 13.8. The van der Waals surface area contributed by atoms with Gasteiger partial charge >= 0.3 is 12.1 Å². The fraction of sp³-hybridized carbons (Fsp3) is 0.444. The zero-order valence-corrected chi connectivity index (χ0v) is 13.8. The Morgan fingerprint density at radius 2 is 1.76 bits per heavy atom. The van der Waals surface area contributed by atoms with Crippen LogP contribution in [0.1, 0.15) is 31.2 Å². The van der Waals surface area contributed by atoms with Gasteiger partial charge in [-0.1, -0.05) is 30.3 Å². The maximum absolute atomic E-state index is 11.9. The highest BCUT2D eigenvalue weighted by molar-refractivity contribution is 5.91. The molecule has 2 N–H and O–H groups in total. The van der Waals surface area contributed by atoms with E-state index in [0.29, 0.717) is 44.5 Å². The number of rotatable bonds is 4. The van der Waals surface area contributed by atoms with Crippen LogP contribution in [0.4, 0.5) is 4.79 Å². The molecule has 2 aliphatic rings. The lowest BCUT2D eigenvalue weighted by Gasteiger charge is -2.33. The Hall–Kier alpha value is -2.38. The molecule has 25 heavy (non-hydrogen) atoms. The number of hydrogen-bond acceptors (Lipinski definition) is 5. The summed E-state index contributed by atoms with van der Waals surface area (Å²) in [5.41, 5.74) is 1.40. The molecule has 1 saturated heterocycles. The molecule has 0 radical (unpaired) electrons. The molecule has 0 unspecified atom stereocenters. The Morgan fingerprint density at radius 3 is 2.36 bits per heavy atom. The monoisotopic (exact) mass is 347 g/mol. The molecule has 1 aliphatic heterocycles. The second-order valence-electron chi connectivity index (χ2n) is 6.08. The molecular weight excluding hydrogens is 326 g/mol. The van der Waals surface area contributed by atoms with E-state index in [2.05, 4.69) is 5.32 Å². The van der Waals surface area contributed by atoms with Crippen LogP contribution in [0.5, 0.6) is 0 Å². The average molecular weight is 347 g/mol. The van der Waals surface area contributed by atoms with Gasteiger partial charge in [-0.2, -0.15) is 0 Å². The molecular formula is C18H21NO6. The zero-order chi connectivity index (χ0) is 17.7. The molecule has 0 atom stereocenters. The molecule has 7 heteroatoms. The molecule has 1 amide bonds. The first-order valence-electron chi connectivity index (χ1n) is 8.29. The van der Waals surface area contributed by atoms with Crippen molar-refractivity contribution in [2.75, 3.05) is 13.2 Å². The van der Waals surface area contributed by atoms with Crippen LogP contribution in [0.25, 0.3) is 0 Å². The number of ether oxygens (including phenoxy) is 3. The Bertz CT molecular complexity index is 651. The highest BCUT2D eigenvalue weighted by Crippen LogP contribution is 2.38. The molecule has 1 saturated carbocycles. The minimum absolute atomic E-state index is 0.0830. The van der Waals surface area contributed by atoms with E-state index in [0.717, 1.165) is 5.56 Å². The molecule has 2 fully saturated rings. The normalized spacial score (nSPS) is 18.8. The molecule has 0 aromatic heterocycles. The van der Waals surface area contributed by atoms with Crippen molar-refractivity contribution in [2.24, 2.45) is 0 Å². The van der Waals surface area contributed by atoms with E-state index < -0.39 is 17.8 Å². The minimum Gasteiger partial charge on any atom is -0.477 e. The molecule has 134 valence electrons. The summed E-state index contributed by atoms with van der Waals surface area (Å²) in [4.78, 5) is 23.5. The second kappa shape index (κ2) is 7.67. The average Bonchev–Trinajstić information content (AvgIpc) is 3.08. The van der Waals surface area contributed by atoms with Gasteiger partial charge in [-0.25, -0.2) is 9.59 Å². The van der Waals surface area contributed by atoms with Gasteiger partial charge in [-0.3, -0.25) is 5.32 Å². The maximum Gasteiger partial charge on any atom is 0.412 e. The fourth-order valence-corrected chi connectivity index (χ4v) is 3.12. The predicted molar refractivity (Wildman–Crippen MR) is 87.5 cm³/mol. The summed E-state index contributed by atoms with van der Waals surface area (Å²) in [6.07, 6.45) is 1.39. The van der Waals surface area contributed by atoms with Crippen LogP contribution in [-0.2, 0) is 25.6 Å². The van der Waals surface area contributed by atoms with Crippen molar-refractivity contribution in [3.8, 4) is 0 Å². The van der Waals surface area contributed by atoms with Gasteiger partial charge in [0.15, 0.2) is 5.79 Å². The Morgan fingerprint density at radius 1 is 1.12 bits per heavy atom. The van der Waals surface area contributed by atoms with E-state index in [1.807, 2.05) is 30.3 Å². The summed E-state index contributed by atoms with van der Waals surface area (Å²) in [5, 5.41) is 11.8. The highest BCUT2D eigenvalue weighted by atomic mass is 16.7. The molecule has 1 aromatic carbocycles. The first-order chi connectivity index (χ1) is 12.1. The summed E-state index contributed by atoms with van der Waals surface area (Å²) < 4.78 is 16.4. The van der Waals surface area contributed by atoms with Gasteiger partial charge in [0.25, 0.3) is 0 Å². The van der Waals surface area contributed by atoms with Crippen molar-refractivity contribution >= 4 is 12.1 Å². The van der Waals surface area contributed by atoms with Crippen molar-refractivity contribution in [2.45, 2.75) is 38.1 Å². The van der Waals surface area contributed by atoms with Crippen molar-refractivity contribution < 1.29 is 28.9 Å². The number of carboxylic acid groups (broad SMARTS) is 1. The van der Waals surface area contributed by atoms with Gasteiger partial charge in [-0.15, -0.1) is 0 Å². The number of carbonyl (C=O) groups is 2. The Kier molecular flexibility index (Phi) is 5.35. The summed E-state index contributed by atoms with van der Waals surface area (Å²) in [6.45, 7) is 1.21. The van der Waals surface area contributed by atoms with Gasteiger partial charge in [0.05, 0.1) is 13.2 Å². The lowest BCUT2D eigenvalue weighted by Crippen LogP contribution is -2.35. The van der Waals surface area contributed by atoms with Gasteiger partial charge in [0.2, 0.25) is 0 Å². The van der Waals surface area contributed by atoms with Crippen molar-refractivity contribution in [3.63, 3.8) is 0 Å². The number of benzene rings is 1. The third-order valence-corrected chi connectivity index (χ3v) is 4.44. The van der Waals surface area contributed by atoms with E-state index in [4.69, 9.17) is 14.2 Å². The molecule has 1 aromatic rings. The number of alkyl carbamates (subject to hydrolysis) is 1. The first-order valence-corrected chi connectivity index (χ1v) is 8.29. The van der Waals surface area contributed by atoms with E-state index in [1.54, 1.807) is 0 Å². The van der Waals surface area contributed by atoms with Crippen molar-refractivity contribution in [3.05, 3.63) is 47.2 Å². The van der Waals surface area contributed by atoms with Crippen LogP contribution in [0.15, 0.2) is 41.6 Å². The predicted octanol–water partition coefficient (Wildman–Crippen LogP) is 2.57. The van der Waals surface area contributed by atoms with Crippen LogP contribution in [0.2, 0.25) is 0 Å². The SMILES string of the molecule is O=C(NC(C(=O)O)=C1CCC2(CC1)OCCO2)OCc1ccccc1. The van der Waals surface area contributed by atoms with Crippen molar-refractivity contribution in [1.82, 2.24) is 5.32 Å². The molecule has 3 rings (SSSR count). The number of nitrogens with one attached hydrogen (secondary N) is 1. The van der Waals surface area contributed by atoms with Gasteiger partial charge < -0.3 is 19.3 Å². The lowest BCUT2D eigenvalue weighted by molar-refractivity contribution is -0.171. The summed E-state index contributed by atoms with van der Waals surface area (Å²) >= 11 is 0. The van der Waals surface area contributed by atoms with Crippen LogP contribution in [-0.4, -0.2) is 36.2 Å². The third-order valence-electron chi connectivity index (χ3n) is 4.44. The summed E-state index contributed by atoms with van der Waals surface area (Å²) in [5.74, 6) is -1.75. The number of carbonyl (C=O) groups excluding carboxylic acids is 1. The van der Waals surface area contributed by atoms with Crippen LogP contribution in [0, 0.1) is 0 Å². The van der Waals surface area contributed by atoms with Crippen molar-refractivity contribution in [1.29, 1.82) is 0 Å². The Balaban J connectivity index is 1.59. The number of allylic oxidation sites excluding steroid dienone is 1. The standard InChI is InChI=1S/C18H21NO6/c20-16(21)15(14-6-8-18(9-7-14)24-10-11-25-18)19-17(22)23-12-13-4-2-1-3-5-13/h1-5H,6-12H2,(H,19,22)(H,20,21). The Labute approximate surface area is 145 Å². The number of amides is 1. The molecule has 1 aliphatic carbocycles. The molecule has 1 spiro atoms. The number of carboxylic acids is 1. The second-order valence-corrected chi connectivity index (χ2v) is 6.08. The summed E-state index contributed by atoms with van der Waals surface area (Å²) in [7, 11) is 0. The van der Waals surface area contributed by atoms with Crippen LogP contribution in [0.3, 0.4) is 0 Å². The maximum atomic E-state index is 11.9. The number of aliphatic carboxylic acids is 1. The van der Waals surface area contributed by atoms with E-state index >= 15 is 0 Å². The first kappa shape index (κ1) is 17.4. The van der Waals surface area contributed by atoms with Gasteiger partial charge in [0.1, 0.15) is 12.3 Å². The topological polar surface area (TPSA) is 94.1 Å². The number of hydrogen-bond donors (Lipinski definition) is 2.